The highest BCUT2D eigenvalue weighted by Gasteiger charge is 2.24. The maximum atomic E-state index is 13.2. The maximum absolute atomic E-state index is 13.2. The number of esters is 1. The fraction of sp³-hybridized carbons (Fsp3) is 0.310. The first-order valence-corrected chi connectivity index (χ1v) is 12.6. The van der Waals surface area contributed by atoms with E-state index in [0.717, 1.165) is 34.2 Å². The summed E-state index contributed by atoms with van der Waals surface area (Å²) in [6, 6.07) is 15.8. The molecule has 2 heterocycles. The van der Waals surface area contributed by atoms with Crippen LogP contribution in [0.15, 0.2) is 71.5 Å². The topological polar surface area (TPSA) is 109 Å². The van der Waals surface area contributed by atoms with Crippen molar-refractivity contribution in [1.82, 2.24) is 14.8 Å². The van der Waals surface area contributed by atoms with Crippen LogP contribution in [0, 0.1) is 0 Å². The van der Waals surface area contributed by atoms with E-state index in [1.54, 1.807) is 19.4 Å². The lowest BCUT2D eigenvalue weighted by atomic mass is 10.1. The van der Waals surface area contributed by atoms with Crippen LogP contribution < -0.4 is 9.64 Å². The van der Waals surface area contributed by atoms with Crippen molar-refractivity contribution in [2.24, 2.45) is 7.05 Å². The summed E-state index contributed by atoms with van der Waals surface area (Å²) in [4.78, 5) is 26.4. The van der Waals surface area contributed by atoms with Crippen LogP contribution >= 0.6 is 0 Å². The molecular weight excluding hydrogens is 500 g/mol. The number of fused-ring (bicyclic) bond motifs is 1. The number of methoxy groups -OCH3 is 2. The van der Waals surface area contributed by atoms with E-state index in [-0.39, 0.29) is 24.2 Å². The number of rotatable bonds is 13. The molecule has 39 heavy (non-hydrogen) atoms. The van der Waals surface area contributed by atoms with Crippen molar-refractivity contribution in [2.75, 3.05) is 25.7 Å². The third kappa shape index (κ3) is 7.04. The molecule has 0 saturated heterocycles. The molecule has 0 fully saturated rings. The first-order valence-electron chi connectivity index (χ1n) is 12.6. The summed E-state index contributed by atoms with van der Waals surface area (Å²) in [5, 5.41) is 8.78. The Morgan fingerprint density at radius 3 is 2.69 bits per heavy atom. The van der Waals surface area contributed by atoms with E-state index in [2.05, 4.69) is 25.7 Å². The van der Waals surface area contributed by atoms with E-state index in [1.165, 1.54) is 12.0 Å². The molecule has 4 rings (SSSR count). The van der Waals surface area contributed by atoms with Gasteiger partial charge >= 0.3 is 17.9 Å². The lowest BCUT2D eigenvalue weighted by Crippen LogP contribution is -2.32. The van der Waals surface area contributed by atoms with Crippen molar-refractivity contribution in [3.63, 3.8) is 0 Å². The summed E-state index contributed by atoms with van der Waals surface area (Å²) in [5.41, 5.74) is 3.28. The fourth-order valence-corrected chi connectivity index (χ4v) is 4.22. The largest absolute Gasteiger partial charge is 0.497 e. The van der Waals surface area contributed by atoms with Gasteiger partial charge in [0.2, 0.25) is 5.91 Å². The van der Waals surface area contributed by atoms with Crippen molar-refractivity contribution in [2.45, 2.75) is 32.3 Å². The Hall–Kier alpha value is -4.60. The molecule has 0 saturated carbocycles. The first kappa shape index (κ1) is 27.4. The van der Waals surface area contributed by atoms with Crippen LogP contribution in [-0.4, -0.2) is 47.4 Å². The molecule has 0 bridgehead atoms. The number of allylic oxidation sites excluding steroid dienone is 1. The first-order chi connectivity index (χ1) is 19.0. The average Bonchev–Trinajstić information content (AvgIpc) is 3.57. The van der Waals surface area contributed by atoms with Crippen LogP contribution in [0.4, 0.5) is 6.01 Å². The maximum Gasteiger partial charge on any atom is 0.396 e. The molecule has 0 unspecified atom stereocenters. The van der Waals surface area contributed by atoms with Crippen LogP contribution in [0.1, 0.15) is 41.1 Å². The van der Waals surface area contributed by atoms with Crippen molar-refractivity contribution in [3.05, 3.63) is 84.1 Å². The van der Waals surface area contributed by atoms with Crippen molar-refractivity contribution in [3.8, 4) is 5.75 Å². The number of ether oxygens (including phenoxy) is 3. The standard InChI is InChI=1S/C29H32N4O6/c1-32-19-22(24-15-14-23(36-2)18-25(24)32)12-9-16-33(29-31-30-27(39-29)28(35)37-3)26(34)13-7-8-17-38-20-21-10-5-4-6-11-21/h4-6,8,10-11,14-15,17-19H,7,9,12-13,16,20H2,1-3H3/b17-8+. The predicted molar refractivity (Wildman–Crippen MR) is 145 cm³/mol. The number of nitrogens with zero attached hydrogens (tertiary/aromatic N) is 4. The zero-order chi connectivity index (χ0) is 27.6. The van der Waals surface area contributed by atoms with Gasteiger partial charge in [-0.1, -0.05) is 40.5 Å². The van der Waals surface area contributed by atoms with E-state index in [9.17, 15) is 9.59 Å². The zero-order valence-corrected chi connectivity index (χ0v) is 22.3. The summed E-state index contributed by atoms with van der Waals surface area (Å²) < 4.78 is 23.1. The van der Waals surface area contributed by atoms with Crippen LogP contribution in [-0.2, 0) is 34.3 Å². The summed E-state index contributed by atoms with van der Waals surface area (Å²) in [6.07, 6.45) is 7.52. The van der Waals surface area contributed by atoms with Crippen LogP contribution in [0.3, 0.4) is 0 Å². The third-order valence-electron chi connectivity index (χ3n) is 6.22. The minimum absolute atomic E-state index is 0.0348. The molecule has 10 heteroatoms. The number of hydrogen-bond acceptors (Lipinski definition) is 8. The Morgan fingerprint density at radius 2 is 1.92 bits per heavy atom. The van der Waals surface area contributed by atoms with Gasteiger partial charge < -0.3 is 23.2 Å². The highest BCUT2D eigenvalue weighted by Crippen LogP contribution is 2.26. The highest BCUT2D eigenvalue weighted by molar-refractivity contribution is 5.92. The second-order valence-corrected chi connectivity index (χ2v) is 8.89. The molecule has 4 aromatic rings. The molecule has 0 N–H and O–H groups in total. The number of carbonyl (C=O) groups excluding carboxylic acids is 2. The number of amides is 1. The highest BCUT2D eigenvalue weighted by atomic mass is 16.5. The second kappa shape index (κ2) is 13.3. The van der Waals surface area contributed by atoms with Crippen LogP contribution in [0.2, 0.25) is 0 Å². The number of aromatic nitrogens is 3. The molecule has 204 valence electrons. The Morgan fingerprint density at radius 1 is 1.10 bits per heavy atom. The second-order valence-electron chi connectivity index (χ2n) is 8.89. The molecule has 0 radical (unpaired) electrons. The van der Waals surface area contributed by atoms with Gasteiger partial charge in [0.15, 0.2) is 0 Å². The van der Waals surface area contributed by atoms with Gasteiger partial charge in [-0.05, 0) is 48.6 Å². The average molecular weight is 533 g/mol. The third-order valence-corrected chi connectivity index (χ3v) is 6.22. The lowest BCUT2D eigenvalue weighted by molar-refractivity contribution is -0.118. The quantitative estimate of drug-likeness (QED) is 0.178. The minimum Gasteiger partial charge on any atom is -0.497 e. The van der Waals surface area contributed by atoms with Gasteiger partial charge in [-0.15, -0.1) is 0 Å². The Balaban J connectivity index is 1.38. The molecule has 0 aliphatic heterocycles. The molecule has 2 aromatic carbocycles. The van der Waals surface area contributed by atoms with Crippen LogP contribution in [0.25, 0.3) is 10.9 Å². The number of hydrogen-bond donors (Lipinski definition) is 0. The lowest BCUT2D eigenvalue weighted by Gasteiger charge is -2.18. The normalized spacial score (nSPS) is 11.2. The van der Waals surface area contributed by atoms with Crippen molar-refractivity contribution < 1.29 is 28.2 Å². The van der Waals surface area contributed by atoms with E-state index in [4.69, 9.17) is 13.9 Å². The molecule has 0 aliphatic carbocycles. The summed E-state index contributed by atoms with van der Waals surface area (Å²) in [5.74, 6) is -0.469. The Labute approximate surface area is 226 Å². The molecule has 10 nitrogen and oxygen atoms in total. The van der Waals surface area contributed by atoms with E-state index in [1.807, 2.05) is 55.6 Å². The van der Waals surface area contributed by atoms with Gasteiger partial charge in [-0.2, -0.15) is 0 Å². The Kier molecular flexibility index (Phi) is 9.34. The minimum atomic E-state index is -0.758. The molecular formula is C29H32N4O6. The molecule has 0 atom stereocenters. The smallest absolute Gasteiger partial charge is 0.396 e. The van der Waals surface area contributed by atoms with E-state index in [0.29, 0.717) is 26.0 Å². The molecule has 0 spiro atoms. The van der Waals surface area contributed by atoms with Gasteiger partial charge in [0.05, 0.1) is 26.0 Å². The van der Waals surface area contributed by atoms with Gasteiger partial charge in [-0.25, -0.2) is 4.79 Å². The van der Waals surface area contributed by atoms with Crippen LogP contribution in [0.5, 0.6) is 5.75 Å². The van der Waals surface area contributed by atoms with Gasteiger partial charge in [0.1, 0.15) is 12.4 Å². The van der Waals surface area contributed by atoms with Gasteiger partial charge in [0, 0.05) is 37.7 Å². The Bertz CT molecular complexity index is 1430. The summed E-state index contributed by atoms with van der Waals surface area (Å²) in [6.45, 7) is 0.791. The summed E-state index contributed by atoms with van der Waals surface area (Å²) in [7, 11) is 4.86. The molecule has 1 amide bonds. The summed E-state index contributed by atoms with van der Waals surface area (Å²) >= 11 is 0. The number of aryl methyl sites for hydroxylation is 2. The number of benzene rings is 2. The van der Waals surface area contributed by atoms with Gasteiger partial charge in [-0.3, -0.25) is 9.69 Å². The van der Waals surface area contributed by atoms with Crippen molar-refractivity contribution in [1.29, 1.82) is 0 Å². The molecule has 2 aromatic heterocycles. The predicted octanol–water partition coefficient (Wildman–Crippen LogP) is 4.83. The molecule has 0 aliphatic rings. The zero-order valence-electron chi connectivity index (χ0n) is 22.3. The SMILES string of the molecule is COC(=O)c1nnc(N(CCCc2cn(C)c3cc(OC)ccc23)C(=O)CC/C=C/OCc2ccccc2)o1. The van der Waals surface area contributed by atoms with Crippen molar-refractivity contribution >= 4 is 28.8 Å². The number of carbonyl (C=O) groups is 2. The van der Waals surface area contributed by atoms with E-state index >= 15 is 0 Å². The monoisotopic (exact) mass is 532 g/mol. The number of anilines is 1. The fourth-order valence-electron chi connectivity index (χ4n) is 4.22. The van der Waals surface area contributed by atoms with Gasteiger partial charge in [0.25, 0.3) is 0 Å². The van der Waals surface area contributed by atoms with E-state index < -0.39 is 5.97 Å².